The summed E-state index contributed by atoms with van der Waals surface area (Å²) in [5, 5.41) is 28.7. The van der Waals surface area contributed by atoms with Crippen molar-refractivity contribution in [2.24, 2.45) is 5.73 Å². The molecular formula is C18H28FN6O4+. The van der Waals surface area contributed by atoms with E-state index in [9.17, 15) is 9.18 Å². The Labute approximate surface area is 168 Å². The van der Waals surface area contributed by atoms with Gasteiger partial charge < -0.3 is 25.2 Å². The molecular weight excluding hydrogens is 383 g/mol. The van der Waals surface area contributed by atoms with Crippen molar-refractivity contribution in [3.05, 3.63) is 24.0 Å². The molecule has 1 atom stereocenters. The minimum absolute atomic E-state index is 0.00383. The fourth-order valence-corrected chi connectivity index (χ4v) is 2.82. The second-order valence-electron chi connectivity index (χ2n) is 6.57. The van der Waals surface area contributed by atoms with Crippen LogP contribution in [-0.2, 0) is 4.74 Å². The van der Waals surface area contributed by atoms with Gasteiger partial charge in [0, 0.05) is 13.1 Å². The van der Waals surface area contributed by atoms with Crippen LogP contribution in [0.3, 0.4) is 0 Å². The van der Waals surface area contributed by atoms with Gasteiger partial charge in [0.25, 0.3) is 5.84 Å². The molecule has 1 heterocycles. The van der Waals surface area contributed by atoms with Crippen LogP contribution in [0.15, 0.2) is 18.2 Å². The molecule has 0 radical (unpaired) electrons. The van der Waals surface area contributed by atoms with Crippen molar-refractivity contribution in [1.82, 2.24) is 5.32 Å². The summed E-state index contributed by atoms with van der Waals surface area (Å²) in [5.41, 5.74) is 6.41. The highest BCUT2D eigenvalue weighted by molar-refractivity contribution is 5.90. The van der Waals surface area contributed by atoms with Gasteiger partial charge in [-0.15, -0.1) is 0 Å². The number of nitrogens with one attached hydrogen (secondary N) is 2. The zero-order valence-corrected chi connectivity index (χ0v) is 16.3. The van der Waals surface area contributed by atoms with Gasteiger partial charge in [0.1, 0.15) is 18.5 Å². The second kappa shape index (κ2) is 10.7. The number of hydrogen-bond acceptors (Lipinski definition) is 6. The number of aliphatic hydroxyl groups is 2. The highest BCUT2D eigenvalue weighted by Crippen LogP contribution is 2.27. The number of cyclic esters (lactones) is 1. The standard InChI is InChI=1S/C18H27FN6O4/c1-23(6-7-26)17(21)9-22-4-5-24(12-20)16-3-2-13(8-15(16)19)25-10-14(11-27)29-18(25)28/h2-3,8,12,14,20-22,26-27H,4-7,9-11H2,1H3/p+1/t14-/m1/s1. The summed E-state index contributed by atoms with van der Waals surface area (Å²) in [4.78, 5) is 14.5. The molecule has 0 saturated carbocycles. The molecule has 0 aliphatic carbocycles. The normalized spacial score (nSPS) is 17.2. The van der Waals surface area contributed by atoms with Crippen LogP contribution in [0.1, 0.15) is 0 Å². The summed E-state index contributed by atoms with van der Waals surface area (Å²) in [6, 6.07) is 4.26. The van der Waals surface area contributed by atoms with Crippen molar-refractivity contribution in [3.63, 3.8) is 0 Å². The summed E-state index contributed by atoms with van der Waals surface area (Å²) < 4.78 is 21.3. The molecule has 0 spiro atoms. The van der Waals surface area contributed by atoms with Crippen LogP contribution in [0.4, 0.5) is 20.6 Å². The van der Waals surface area contributed by atoms with Crippen LogP contribution in [0.5, 0.6) is 0 Å². The molecule has 1 fully saturated rings. The maximum Gasteiger partial charge on any atom is 0.414 e. The number of rotatable bonds is 11. The third kappa shape index (κ3) is 5.86. The Balaban J connectivity index is 1.97. The van der Waals surface area contributed by atoms with Gasteiger partial charge in [-0.05, 0) is 18.2 Å². The Morgan fingerprint density at radius 3 is 2.90 bits per heavy atom. The van der Waals surface area contributed by atoms with E-state index in [1.54, 1.807) is 17.7 Å². The topological polar surface area (TPSA) is 138 Å². The lowest BCUT2D eigenvalue weighted by Gasteiger charge is -2.21. The molecule has 6 N–H and O–H groups in total. The van der Waals surface area contributed by atoms with E-state index in [1.807, 2.05) is 0 Å². The number of likely N-dealkylation sites (N-methyl/N-ethyl adjacent to an activating group) is 1. The maximum absolute atomic E-state index is 14.6. The van der Waals surface area contributed by atoms with Crippen LogP contribution in [0, 0.1) is 11.2 Å². The molecule has 1 amide bonds. The Kier molecular flexibility index (Phi) is 8.31. The Morgan fingerprint density at radius 2 is 2.31 bits per heavy atom. The number of anilines is 2. The van der Waals surface area contributed by atoms with Gasteiger partial charge in [0.2, 0.25) is 0 Å². The van der Waals surface area contributed by atoms with Crippen LogP contribution in [0.2, 0.25) is 0 Å². The minimum atomic E-state index is -0.635. The number of halogens is 1. The molecule has 1 aliphatic rings. The Bertz CT molecular complexity index is 760. The van der Waals surface area contributed by atoms with E-state index in [-0.39, 0.29) is 25.4 Å². The number of benzene rings is 1. The lowest BCUT2D eigenvalue weighted by molar-refractivity contribution is -0.501. The summed E-state index contributed by atoms with van der Waals surface area (Å²) in [7, 11) is 1.77. The molecule has 1 saturated heterocycles. The van der Waals surface area contributed by atoms with Gasteiger partial charge in [-0.1, -0.05) is 0 Å². The van der Waals surface area contributed by atoms with Crippen molar-refractivity contribution < 1.29 is 28.7 Å². The molecule has 1 aromatic carbocycles. The van der Waals surface area contributed by atoms with E-state index >= 15 is 0 Å². The molecule has 29 heavy (non-hydrogen) atoms. The van der Waals surface area contributed by atoms with E-state index in [2.05, 4.69) is 5.32 Å². The quantitative estimate of drug-likeness (QED) is 0.138. The molecule has 1 aromatic rings. The van der Waals surface area contributed by atoms with Crippen LogP contribution >= 0.6 is 0 Å². The van der Waals surface area contributed by atoms with Gasteiger partial charge in [0.05, 0.1) is 51.1 Å². The number of carbonyl (C=O) groups excluding carboxylic acids is 1. The number of amides is 1. The first kappa shape index (κ1) is 22.5. The molecule has 1 aliphatic heterocycles. The van der Waals surface area contributed by atoms with Crippen molar-refractivity contribution in [2.45, 2.75) is 6.10 Å². The zero-order valence-electron chi connectivity index (χ0n) is 16.3. The Morgan fingerprint density at radius 1 is 1.55 bits per heavy atom. The smallest absolute Gasteiger partial charge is 0.414 e. The lowest BCUT2D eigenvalue weighted by Crippen LogP contribution is -2.40. The number of nitrogens with two attached hydrogens (primary N) is 1. The fraction of sp³-hybridized carbons (Fsp3) is 0.500. The van der Waals surface area contributed by atoms with Crippen molar-refractivity contribution in [3.8, 4) is 0 Å². The predicted octanol–water partition coefficient (Wildman–Crippen LogP) is -0.862. The zero-order chi connectivity index (χ0) is 21.4. The highest BCUT2D eigenvalue weighted by Gasteiger charge is 2.32. The summed E-state index contributed by atoms with van der Waals surface area (Å²) in [6.45, 7) is 1.46. The summed E-state index contributed by atoms with van der Waals surface area (Å²) >= 11 is 0. The Hall–Kier alpha value is -2.76. The van der Waals surface area contributed by atoms with Crippen LogP contribution in [0.25, 0.3) is 0 Å². The number of ether oxygens (including phenoxy) is 1. The maximum atomic E-state index is 14.6. The monoisotopic (exact) mass is 411 g/mol. The van der Waals surface area contributed by atoms with Gasteiger partial charge >= 0.3 is 6.09 Å². The third-order valence-corrected chi connectivity index (χ3v) is 4.55. The highest BCUT2D eigenvalue weighted by atomic mass is 19.1. The van der Waals surface area contributed by atoms with E-state index in [0.29, 0.717) is 37.7 Å². The molecule has 10 nitrogen and oxygen atoms in total. The number of amidine groups is 1. The van der Waals surface area contributed by atoms with Gasteiger partial charge in [-0.2, -0.15) is 0 Å². The largest absolute Gasteiger partial charge is 0.441 e. The van der Waals surface area contributed by atoms with Crippen LogP contribution < -0.4 is 20.9 Å². The van der Waals surface area contributed by atoms with Gasteiger partial charge in [-0.3, -0.25) is 20.6 Å². The average molecular weight is 411 g/mol. The predicted molar refractivity (Wildman–Crippen MR) is 107 cm³/mol. The van der Waals surface area contributed by atoms with Crippen LogP contribution in [-0.4, -0.2) is 92.1 Å². The number of aliphatic hydroxyl groups excluding tert-OH is 2. The molecule has 11 heteroatoms. The average Bonchev–Trinajstić information content (AvgIpc) is 3.09. The molecule has 0 aromatic heterocycles. The van der Waals surface area contributed by atoms with Crippen molar-refractivity contribution in [1.29, 1.82) is 5.41 Å². The first-order valence-corrected chi connectivity index (χ1v) is 9.21. The fourth-order valence-electron chi connectivity index (χ4n) is 2.82. The number of nitrogens with zero attached hydrogens (tertiary/aromatic N) is 3. The summed E-state index contributed by atoms with van der Waals surface area (Å²) in [6.07, 6.45) is -0.240. The number of hydrogen-bond donors (Lipinski definition) is 5. The molecule has 160 valence electrons. The summed E-state index contributed by atoms with van der Waals surface area (Å²) in [5.74, 6) is -0.0188. The third-order valence-electron chi connectivity index (χ3n) is 4.55. The minimum Gasteiger partial charge on any atom is -0.441 e. The SMILES string of the molecule is C[N+](CCO)=C(N)CNCCN(C=N)c1ccc(N2C[C@H](CO)OC2=O)cc1F. The lowest BCUT2D eigenvalue weighted by atomic mass is 10.2. The first-order valence-electron chi connectivity index (χ1n) is 9.21. The van der Waals surface area contributed by atoms with Gasteiger partial charge in [-0.25, -0.2) is 9.18 Å². The van der Waals surface area contributed by atoms with Crippen molar-refractivity contribution in [2.75, 3.05) is 62.8 Å². The molecule has 2 rings (SSSR count). The van der Waals surface area contributed by atoms with E-state index in [1.165, 1.54) is 21.9 Å². The van der Waals surface area contributed by atoms with E-state index in [4.69, 9.17) is 26.1 Å². The number of carbonyl (C=O) groups is 1. The molecule has 0 bridgehead atoms. The molecule has 0 unspecified atom stereocenters. The van der Waals surface area contributed by atoms with E-state index < -0.39 is 18.0 Å². The van der Waals surface area contributed by atoms with Gasteiger partial charge in [0.15, 0.2) is 0 Å². The first-order chi connectivity index (χ1) is 13.9. The second-order valence-corrected chi connectivity index (χ2v) is 6.57. The van der Waals surface area contributed by atoms with Crippen molar-refractivity contribution >= 4 is 29.6 Å². The van der Waals surface area contributed by atoms with E-state index in [0.717, 1.165) is 6.34 Å².